The second-order valence-corrected chi connectivity index (χ2v) is 11.4. The maximum Gasteiger partial charge on any atom is 0.332 e. The second-order valence-electron chi connectivity index (χ2n) is 11.4. The van der Waals surface area contributed by atoms with E-state index < -0.39 is 30.0 Å². The minimum atomic E-state index is -0.854. The molecule has 3 aromatic carbocycles. The van der Waals surface area contributed by atoms with Gasteiger partial charge in [0, 0.05) is 36.1 Å². The number of anilines is 1. The first kappa shape index (κ1) is 26.0. The van der Waals surface area contributed by atoms with Crippen LogP contribution in [0.5, 0.6) is 0 Å². The molecule has 4 aromatic rings. The highest BCUT2D eigenvalue weighted by molar-refractivity contribution is 6.24. The van der Waals surface area contributed by atoms with Crippen LogP contribution in [0.25, 0.3) is 10.9 Å². The fourth-order valence-corrected chi connectivity index (χ4v) is 6.74. The first-order chi connectivity index (χ1) is 20.3. The van der Waals surface area contributed by atoms with Crippen LogP contribution < -0.4 is 4.90 Å². The summed E-state index contributed by atoms with van der Waals surface area (Å²) in [5.41, 5.74) is 5.36. The van der Waals surface area contributed by atoms with Gasteiger partial charge in [-0.2, -0.15) is 0 Å². The predicted octanol–water partition coefficient (Wildman–Crippen LogP) is 4.90. The number of fused-ring (bicyclic) bond motifs is 4. The Kier molecular flexibility index (Phi) is 6.11. The number of rotatable bonds is 4. The molecule has 42 heavy (non-hydrogen) atoms. The molecule has 0 saturated carbocycles. The van der Waals surface area contributed by atoms with Crippen LogP contribution in [-0.2, 0) is 16.0 Å². The molecule has 0 aliphatic carbocycles. The third kappa shape index (κ3) is 3.99. The van der Waals surface area contributed by atoms with E-state index in [0.717, 1.165) is 38.2 Å². The van der Waals surface area contributed by atoms with Crippen LogP contribution in [0.2, 0.25) is 0 Å². The van der Waals surface area contributed by atoms with E-state index in [2.05, 4.69) is 4.98 Å². The number of aliphatic carboxylic acids is 1. The fourth-order valence-electron chi connectivity index (χ4n) is 6.74. The highest BCUT2D eigenvalue weighted by Crippen LogP contribution is 2.45. The number of likely N-dealkylation sites (tertiary alicyclic amines) is 1. The summed E-state index contributed by atoms with van der Waals surface area (Å²) in [6.07, 6.45) is 1.09. The van der Waals surface area contributed by atoms with Crippen LogP contribution in [0.1, 0.15) is 51.6 Å². The summed E-state index contributed by atoms with van der Waals surface area (Å²) in [6.45, 7) is 2.61. The molecule has 2 unspecified atom stereocenters. The number of aromatic amines is 1. The molecule has 4 heterocycles. The van der Waals surface area contributed by atoms with Crippen molar-refractivity contribution in [1.82, 2.24) is 14.8 Å². The van der Waals surface area contributed by atoms with Crippen LogP contribution >= 0.6 is 0 Å². The summed E-state index contributed by atoms with van der Waals surface area (Å²) in [5.74, 6) is -2.01. The number of carboxylic acids is 1. The lowest BCUT2D eigenvalue weighted by molar-refractivity contribution is -0.143. The number of carboxylic acid groups (broad SMARTS) is 1. The Labute approximate surface area is 242 Å². The number of benzene rings is 3. The lowest BCUT2D eigenvalue weighted by Crippen LogP contribution is -2.44. The summed E-state index contributed by atoms with van der Waals surface area (Å²) in [6, 6.07) is 21.0. The van der Waals surface area contributed by atoms with Crippen LogP contribution in [-0.4, -0.2) is 62.8 Å². The smallest absolute Gasteiger partial charge is 0.332 e. The van der Waals surface area contributed by atoms with Gasteiger partial charge in [0.1, 0.15) is 12.1 Å². The Morgan fingerprint density at radius 2 is 1.60 bits per heavy atom. The number of hydrogen-bond donors (Lipinski definition) is 2. The maximum atomic E-state index is 14.3. The molecule has 0 bridgehead atoms. The Balaban J connectivity index is 1.28. The zero-order chi connectivity index (χ0) is 29.1. The van der Waals surface area contributed by atoms with Crippen LogP contribution in [0, 0.1) is 12.8 Å². The van der Waals surface area contributed by atoms with Gasteiger partial charge in [0.05, 0.1) is 17.2 Å². The number of imide groups is 1. The molecule has 3 aliphatic rings. The molecule has 0 radical (unpaired) electrons. The van der Waals surface area contributed by atoms with Gasteiger partial charge in [-0.15, -0.1) is 0 Å². The van der Waals surface area contributed by atoms with Gasteiger partial charge in [0.25, 0.3) is 11.8 Å². The van der Waals surface area contributed by atoms with Crippen LogP contribution in [0.4, 0.5) is 10.5 Å². The number of urea groups is 1. The molecule has 2 saturated heterocycles. The number of H-pyrrole nitrogens is 1. The number of carbonyl (C=O) groups excluding carboxylic acids is 3. The van der Waals surface area contributed by atoms with Crippen molar-refractivity contribution < 1.29 is 24.3 Å². The highest BCUT2D eigenvalue weighted by Gasteiger charge is 2.53. The van der Waals surface area contributed by atoms with E-state index >= 15 is 0 Å². The maximum absolute atomic E-state index is 14.3. The molecule has 4 amide bonds. The number of aromatic nitrogens is 1. The Morgan fingerprint density at radius 3 is 2.33 bits per heavy atom. The van der Waals surface area contributed by atoms with E-state index in [-0.39, 0.29) is 23.1 Å². The van der Waals surface area contributed by atoms with Crippen molar-refractivity contribution in [1.29, 1.82) is 0 Å². The summed E-state index contributed by atoms with van der Waals surface area (Å²) in [4.78, 5) is 61.6. The molecule has 7 rings (SSSR count). The van der Waals surface area contributed by atoms with E-state index in [1.54, 1.807) is 34.1 Å². The highest BCUT2D eigenvalue weighted by atomic mass is 16.4. The molecule has 3 aliphatic heterocycles. The van der Waals surface area contributed by atoms with Crippen molar-refractivity contribution >= 4 is 40.4 Å². The zero-order valence-corrected chi connectivity index (χ0v) is 23.1. The van der Waals surface area contributed by atoms with Crippen molar-refractivity contribution in [3.8, 4) is 0 Å². The van der Waals surface area contributed by atoms with E-state index in [1.807, 2.05) is 55.5 Å². The SMILES string of the molecule is Cc1ccc(C2c3[nH]c4ccccc4c3CC3C(=O)N(c4ccccc4C(=O)N4CCC(C(=O)O)CC4)C(=O)N32)cc1. The molecule has 0 spiro atoms. The quantitative estimate of drug-likeness (QED) is 0.344. The van der Waals surface area contributed by atoms with Gasteiger partial charge in [0.2, 0.25) is 0 Å². The first-order valence-corrected chi connectivity index (χ1v) is 14.3. The van der Waals surface area contributed by atoms with Gasteiger partial charge >= 0.3 is 12.0 Å². The molecule has 2 fully saturated rings. The van der Waals surface area contributed by atoms with Gasteiger partial charge in [-0.3, -0.25) is 19.3 Å². The fraction of sp³-hybridized carbons (Fsp3) is 0.273. The number of nitrogens with zero attached hydrogens (tertiary/aromatic N) is 3. The summed E-state index contributed by atoms with van der Waals surface area (Å²) < 4.78 is 0. The molecule has 9 nitrogen and oxygen atoms in total. The predicted molar refractivity (Wildman–Crippen MR) is 156 cm³/mol. The minimum absolute atomic E-state index is 0.253. The number of hydrogen-bond acceptors (Lipinski definition) is 4. The van der Waals surface area contributed by atoms with Crippen molar-refractivity contribution in [3.63, 3.8) is 0 Å². The number of aryl methyl sites for hydroxylation is 1. The zero-order valence-electron chi connectivity index (χ0n) is 23.1. The molecule has 2 atom stereocenters. The summed E-state index contributed by atoms with van der Waals surface area (Å²) in [7, 11) is 0. The van der Waals surface area contributed by atoms with Gasteiger partial charge in [0.15, 0.2) is 0 Å². The second kappa shape index (κ2) is 9.87. The standard InChI is InChI=1S/C33H30N4O5/c1-19-10-12-20(13-11-19)29-28-24(22-6-2-4-8-25(22)34-28)18-27-31(39)37(33(42)36(27)29)26-9-5-3-7-23(26)30(38)35-16-14-21(15-17-35)32(40)41/h2-13,21,27,29,34H,14-18H2,1H3,(H,40,41). The van der Waals surface area contributed by atoms with Crippen LogP contribution in [0.15, 0.2) is 72.8 Å². The number of carbonyl (C=O) groups is 4. The third-order valence-corrected chi connectivity index (χ3v) is 8.95. The Bertz CT molecular complexity index is 1750. The van der Waals surface area contributed by atoms with Crippen molar-refractivity contribution in [2.75, 3.05) is 18.0 Å². The average molecular weight is 563 g/mol. The van der Waals surface area contributed by atoms with Gasteiger partial charge in [-0.05, 0) is 49.1 Å². The van der Waals surface area contributed by atoms with Crippen molar-refractivity contribution in [3.05, 3.63) is 101 Å². The molecule has 212 valence electrons. The summed E-state index contributed by atoms with van der Waals surface area (Å²) in [5, 5.41) is 10.4. The van der Waals surface area contributed by atoms with E-state index in [4.69, 9.17) is 0 Å². The Morgan fingerprint density at radius 1 is 0.905 bits per heavy atom. The number of piperidine rings is 1. The molecule has 1 aromatic heterocycles. The minimum Gasteiger partial charge on any atom is -0.481 e. The van der Waals surface area contributed by atoms with Crippen molar-refractivity contribution in [2.45, 2.75) is 38.3 Å². The molecule has 9 heteroatoms. The van der Waals surface area contributed by atoms with E-state index in [0.29, 0.717) is 32.4 Å². The lowest BCUT2D eigenvalue weighted by atomic mass is 9.88. The van der Waals surface area contributed by atoms with E-state index in [9.17, 15) is 24.3 Å². The first-order valence-electron chi connectivity index (χ1n) is 14.3. The average Bonchev–Trinajstić information content (AvgIpc) is 3.50. The van der Waals surface area contributed by atoms with Crippen molar-refractivity contribution in [2.24, 2.45) is 5.92 Å². The normalized spacial score (nSPS) is 20.6. The topological polar surface area (TPSA) is 114 Å². The molecular weight excluding hydrogens is 532 g/mol. The monoisotopic (exact) mass is 562 g/mol. The van der Waals surface area contributed by atoms with Gasteiger partial charge in [-0.25, -0.2) is 9.69 Å². The lowest BCUT2D eigenvalue weighted by Gasteiger charge is -2.36. The van der Waals surface area contributed by atoms with Gasteiger partial charge in [-0.1, -0.05) is 60.2 Å². The van der Waals surface area contributed by atoms with Gasteiger partial charge < -0.3 is 15.0 Å². The van der Waals surface area contributed by atoms with E-state index in [1.165, 1.54) is 0 Å². The molecular formula is C33H30N4O5. The largest absolute Gasteiger partial charge is 0.481 e. The van der Waals surface area contributed by atoms with Crippen LogP contribution in [0.3, 0.4) is 0 Å². The molecule has 2 N–H and O–H groups in total. The number of para-hydroxylation sites is 2. The summed E-state index contributed by atoms with van der Waals surface area (Å²) >= 11 is 0. The third-order valence-electron chi connectivity index (χ3n) is 8.95. The number of amides is 4. The Hall–Kier alpha value is -4.92. The number of nitrogens with one attached hydrogen (secondary N) is 1.